The van der Waals surface area contributed by atoms with E-state index in [0.717, 1.165) is 16.9 Å². The number of fused-ring (bicyclic) bond motifs is 1. The Kier molecular flexibility index (Phi) is 5.40. The molecule has 152 valence electrons. The summed E-state index contributed by atoms with van der Waals surface area (Å²) in [6.45, 7) is 0. The maximum Gasteiger partial charge on any atom is 0.252 e. The van der Waals surface area contributed by atoms with E-state index in [1.54, 1.807) is 0 Å². The second-order valence-electron chi connectivity index (χ2n) is 7.53. The monoisotopic (exact) mass is 429 g/mol. The fourth-order valence-corrected chi connectivity index (χ4v) is 7.63. The van der Waals surface area contributed by atoms with Crippen LogP contribution in [0.4, 0.5) is 11.4 Å². The SMILES string of the molecule is CN(C)c1ccc(N2C(=NC(=O)Cc3ccccc3)S[C@@H]3CS(=O)(=O)C[C@H]32)cc1. The summed E-state index contributed by atoms with van der Waals surface area (Å²) in [6, 6.07) is 17.2. The van der Waals surface area contributed by atoms with Gasteiger partial charge < -0.3 is 9.80 Å². The van der Waals surface area contributed by atoms with Crippen LogP contribution in [0.25, 0.3) is 0 Å². The zero-order valence-electron chi connectivity index (χ0n) is 16.4. The molecule has 2 aliphatic rings. The lowest BCUT2D eigenvalue weighted by Gasteiger charge is -2.25. The molecule has 0 radical (unpaired) electrons. The molecule has 2 atom stereocenters. The number of benzene rings is 2. The molecule has 0 saturated carbocycles. The molecule has 1 amide bonds. The Morgan fingerprint density at radius 2 is 1.79 bits per heavy atom. The van der Waals surface area contributed by atoms with Crippen molar-refractivity contribution in [3.8, 4) is 0 Å². The van der Waals surface area contributed by atoms with Crippen LogP contribution in [0.5, 0.6) is 0 Å². The number of thioether (sulfide) groups is 1. The van der Waals surface area contributed by atoms with Crippen molar-refractivity contribution in [1.29, 1.82) is 0 Å². The van der Waals surface area contributed by atoms with Gasteiger partial charge in [0.1, 0.15) is 0 Å². The summed E-state index contributed by atoms with van der Waals surface area (Å²) in [4.78, 5) is 20.9. The summed E-state index contributed by atoms with van der Waals surface area (Å²) >= 11 is 1.40. The molecule has 29 heavy (non-hydrogen) atoms. The van der Waals surface area contributed by atoms with Crippen LogP contribution in [-0.4, -0.2) is 56.4 Å². The van der Waals surface area contributed by atoms with Gasteiger partial charge in [0, 0.05) is 30.7 Å². The standard InChI is InChI=1S/C21H23N3O3S2/c1-23(2)16-8-10-17(11-9-16)24-18-13-29(26,27)14-19(18)28-21(24)22-20(25)12-15-6-4-3-5-7-15/h3-11,18-19H,12-14H2,1-2H3/t18-,19-/m1/s1. The normalized spacial score (nSPS) is 23.9. The van der Waals surface area contributed by atoms with Gasteiger partial charge in [-0.2, -0.15) is 4.99 Å². The molecule has 4 rings (SSSR count). The highest BCUT2D eigenvalue weighted by Crippen LogP contribution is 2.41. The third-order valence-corrected chi connectivity index (χ3v) is 8.34. The number of hydrogen-bond acceptors (Lipinski definition) is 5. The molecule has 6 nitrogen and oxygen atoms in total. The van der Waals surface area contributed by atoms with E-state index >= 15 is 0 Å². The number of aliphatic imine (C=N–C) groups is 1. The molecule has 0 N–H and O–H groups in total. The number of rotatable bonds is 4. The molecule has 0 unspecified atom stereocenters. The molecule has 0 aliphatic carbocycles. The minimum atomic E-state index is -3.08. The number of hydrogen-bond donors (Lipinski definition) is 0. The molecular formula is C21H23N3O3S2. The predicted molar refractivity (Wildman–Crippen MR) is 120 cm³/mol. The molecule has 0 aromatic heterocycles. The summed E-state index contributed by atoms with van der Waals surface area (Å²) in [5, 5.41) is 0.491. The Morgan fingerprint density at radius 3 is 2.45 bits per heavy atom. The highest BCUT2D eigenvalue weighted by molar-refractivity contribution is 8.16. The van der Waals surface area contributed by atoms with E-state index < -0.39 is 9.84 Å². The highest BCUT2D eigenvalue weighted by atomic mass is 32.2. The van der Waals surface area contributed by atoms with E-state index in [1.807, 2.05) is 78.5 Å². The molecule has 2 heterocycles. The van der Waals surface area contributed by atoms with Crippen molar-refractivity contribution in [2.75, 3.05) is 35.4 Å². The van der Waals surface area contributed by atoms with Gasteiger partial charge in [0.15, 0.2) is 15.0 Å². The number of amidine groups is 1. The number of amides is 1. The van der Waals surface area contributed by atoms with Crippen molar-refractivity contribution in [3.63, 3.8) is 0 Å². The van der Waals surface area contributed by atoms with Gasteiger partial charge in [-0.1, -0.05) is 42.1 Å². The second kappa shape index (κ2) is 7.84. The molecule has 2 aromatic rings. The van der Waals surface area contributed by atoms with Crippen molar-refractivity contribution in [2.24, 2.45) is 4.99 Å². The van der Waals surface area contributed by atoms with Crippen molar-refractivity contribution >= 4 is 44.0 Å². The Labute approximate surface area is 175 Å². The van der Waals surface area contributed by atoms with Crippen LogP contribution in [-0.2, 0) is 21.1 Å². The first-order chi connectivity index (χ1) is 13.8. The lowest BCUT2D eigenvalue weighted by atomic mass is 10.1. The first-order valence-corrected chi connectivity index (χ1v) is 12.1. The summed E-state index contributed by atoms with van der Waals surface area (Å²) in [6.07, 6.45) is 0.228. The fourth-order valence-electron chi connectivity index (χ4n) is 3.69. The Balaban J connectivity index is 1.64. The number of anilines is 2. The first-order valence-electron chi connectivity index (χ1n) is 9.41. The zero-order chi connectivity index (χ0) is 20.6. The number of carbonyl (C=O) groups excluding carboxylic acids is 1. The van der Waals surface area contributed by atoms with E-state index in [9.17, 15) is 13.2 Å². The van der Waals surface area contributed by atoms with Gasteiger partial charge in [0.05, 0.1) is 24.0 Å². The molecule has 2 saturated heterocycles. The summed E-state index contributed by atoms with van der Waals surface area (Å²) in [5.41, 5.74) is 2.82. The third-order valence-electron chi connectivity index (χ3n) is 5.13. The van der Waals surface area contributed by atoms with Gasteiger partial charge in [0.25, 0.3) is 5.91 Å². The van der Waals surface area contributed by atoms with Crippen LogP contribution in [0, 0.1) is 0 Å². The fraction of sp³-hybridized carbons (Fsp3) is 0.333. The summed E-state index contributed by atoms with van der Waals surface area (Å²) in [7, 11) is 0.856. The summed E-state index contributed by atoms with van der Waals surface area (Å²) in [5.74, 6) is -0.0107. The maximum absolute atomic E-state index is 12.6. The number of nitrogens with zero attached hydrogens (tertiary/aromatic N) is 3. The van der Waals surface area contributed by atoms with E-state index in [-0.39, 0.29) is 35.1 Å². The minimum Gasteiger partial charge on any atom is -0.378 e. The Bertz CT molecular complexity index is 1030. The van der Waals surface area contributed by atoms with Crippen molar-refractivity contribution in [2.45, 2.75) is 17.7 Å². The van der Waals surface area contributed by atoms with Crippen LogP contribution < -0.4 is 9.80 Å². The van der Waals surface area contributed by atoms with Crippen LogP contribution in [0.15, 0.2) is 59.6 Å². The van der Waals surface area contributed by atoms with E-state index in [2.05, 4.69) is 4.99 Å². The van der Waals surface area contributed by atoms with E-state index in [0.29, 0.717) is 5.17 Å². The minimum absolute atomic E-state index is 0.0893. The van der Waals surface area contributed by atoms with Crippen LogP contribution in [0.2, 0.25) is 0 Å². The topological polar surface area (TPSA) is 70.0 Å². The van der Waals surface area contributed by atoms with Crippen LogP contribution in [0.3, 0.4) is 0 Å². The van der Waals surface area contributed by atoms with Crippen molar-refractivity contribution in [3.05, 3.63) is 60.2 Å². The largest absolute Gasteiger partial charge is 0.378 e. The predicted octanol–water partition coefficient (Wildman–Crippen LogP) is 2.60. The molecule has 2 fully saturated rings. The third kappa shape index (κ3) is 4.33. The van der Waals surface area contributed by atoms with Gasteiger partial charge in [-0.25, -0.2) is 8.42 Å². The molecule has 2 aliphatic heterocycles. The van der Waals surface area contributed by atoms with E-state index in [4.69, 9.17) is 0 Å². The summed E-state index contributed by atoms with van der Waals surface area (Å²) < 4.78 is 24.4. The Hall–Kier alpha value is -2.32. The molecule has 2 aromatic carbocycles. The molecule has 0 spiro atoms. The van der Waals surface area contributed by atoms with Gasteiger partial charge in [-0.15, -0.1) is 0 Å². The van der Waals surface area contributed by atoms with Gasteiger partial charge in [-0.05, 0) is 29.8 Å². The molecular weight excluding hydrogens is 406 g/mol. The number of sulfone groups is 1. The lowest BCUT2D eigenvalue weighted by Crippen LogP contribution is -2.37. The lowest BCUT2D eigenvalue weighted by molar-refractivity contribution is -0.117. The van der Waals surface area contributed by atoms with Crippen LogP contribution >= 0.6 is 11.8 Å². The first kappa shape index (κ1) is 20.0. The van der Waals surface area contributed by atoms with Crippen molar-refractivity contribution < 1.29 is 13.2 Å². The van der Waals surface area contributed by atoms with Gasteiger partial charge >= 0.3 is 0 Å². The average Bonchev–Trinajstić information content (AvgIpc) is 3.13. The Morgan fingerprint density at radius 1 is 1.10 bits per heavy atom. The average molecular weight is 430 g/mol. The highest BCUT2D eigenvalue weighted by Gasteiger charge is 2.49. The van der Waals surface area contributed by atoms with Gasteiger partial charge in [-0.3, -0.25) is 4.79 Å². The molecule has 0 bridgehead atoms. The quantitative estimate of drug-likeness (QED) is 0.744. The number of carbonyl (C=O) groups is 1. The van der Waals surface area contributed by atoms with Crippen molar-refractivity contribution in [1.82, 2.24) is 0 Å². The molecule has 8 heteroatoms. The maximum atomic E-state index is 12.6. The zero-order valence-corrected chi connectivity index (χ0v) is 18.0. The second-order valence-corrected chi connectivity index (χ2v) is 10.9. The van der Waals surface area contributed by atoms with Gasteiger partial charge in [0.2, 0.25) is 0 Å². The van der Waals surface area contributed by atoms with Crippen LogP contribution in [0.1, 0.15) is 5.56 Å². The smallest absolute Gasteiger partial charge is 0.252 e. The van der Waals surface area contributed by atoms with E-state index in [1.165, 1.54) is 11.8 Å².